The maximum Gasteiger partial charge on any atom is 0.255 e. The third-order valence-corrected chi connectivity index (χ3v) is 4.66. The van der Waals surface area contributed by atoms with Crippen LogP contribution in [0.1, 0.15) is 48.4 Å². The minimum absolute atomic E-state index is 0.0405. The van der Waals surface area contributed by atoms with Crippen molar-refractivity contribution < 1.29 is 9.90 Å². The smallest absolute Gasteiger partial charge is 0.255 e. The molecule has 1 aliphatic heterocycles. The first-order chi connectivity index (χ1) is 10.7. The molecular weight excluding hydrogens is 292 g/mol. The quantitative estimate of drug-likeness (QED) is 0.919. The van der Waals surface area contributed by atoms with Gasteiger partial charge in [-0.3, -0.25) is 9.48 Å². The molecule has 0 saturated carbocycles. The first-order valence-corrected chi connectivity index (χ1v) is 8.04. The third-order valence-electron chi connectivity index (χ3n) is 4.66. The maximum absolute atomic E-state index is 13.2. The summed E-state index contributed by atoms with van der Waals surface area (Å²) in [7, 11) is 1.84. The van der Waals surface area contributed by atoms with Crippen LogP contribution in [0.3, 0.4) is 0 Å². The normalized spacial score (nSPS) is 18.9. The van der Waals surface area contributed by atoms with Crippen LogP contribution in [0.5, 0.6) is 0 Å². The first-order valence-electron chi connectivity index (χ1n) is 8.04. The summed E-state index contributed by atoms with van der Waals surface area (Å²) in [5.41, 5.74) is 2.05. The number of rotatable bonds is 2. The second kappa shape index (κ2) is 5.30. The number of hydrogen-bond donors (Lipinski definition) is 1. The zero-order valence-electron chi connectivity index (χ0n) is 14.4. The molecule has 3 rings (SSSR count). The fraction of sp³-hybridized carbons (Fsp3) is 0.588. The maximum atomic E-state index is 13.2. The molecule has 2 aromatic rings. The van der Waals surface area contributed by atoms with E-state index in [1.54, 1.807) is 23.4 Å². The number of carbonyl (C=O) groups is 1. The van der Waals surface area contributed by atoms with Gasteiger partial charge in [0, 0.05) is 19.3 Å². The van der Waals surface area contributed by atoms with E-state index in [0.717, 1.165) is 35.3 Å². The van der Waals surface area contributed by atoms with Crippen LogP contribution in [-0.2, 0) is 7.05 Å². The van der Waals surface area contributed by atoms with Crippen molar-refractivity contribution in [3.8, 4) is 0 Å². The van der Waals surface area contributed by atoms with E-state index >= 15 is 0 Å². The molecule has 1 atom stereocenters. The van der Waals surface area contributed by atoms with Gasteiger partial charge in [0.1, 0.15) is 0 Å². The number of likely N-dealkylation sites (tertiary alicyclic amines) is 1. The molecule has 0 bridgehead atoms. The van der Waals surface area contributed by atoms with Gasteiger partial charge in [-0.15, -0.1) is 0 Å². The highest BCUT2D eigenvalue weighted by molar-refractivity contribution is 6.06. The Balaban J connectivity index is 2.11. The van der Waals surface area contributed by atoms with E-state index in [9.17, 15) is 9.90 Å². The summed E-state index contributed by atoms with van der Waals surface area (Å²) < 4.78 is 1.71. The second-order valence-corrected chi connectivity index (χ2v) is 7.03. The highest BCUT2D eigenvalue weighted by atomic mass is 16.3. The van der Waals surface area contributed by atoms with Crippen molar-refractivity contribution >= 4 is 16.9 Å². The first kappa shape index (κ1) is 15.9. The number of pyridine rings is 1. The molecule has 0 aromatic carbocycles. The Bertz CT molecular complexity index is 773. The molecule has 2 aromatic heterocycles. The van der Waals surface area contributed by atoms with Crippen LogP contribution in [0.25, 0.3) is 11.0 Å². The van der Waals surface area contributed by atoms with Crippen LogP contribution < -0.4 is 0 Å². The summed E-state index contributed by atoms with van der Waals surface area (Å²) in [6, 6.07) is 1.68. The second-order valence-electron chi connectivity index (χ2n) is 7.03. The third kappa shape index (κ3) is 2.61. The monoisotopic (exact) mass is 316 g/mol. The molecule has 1 aliphatic rings. The van der Waals surface area contributed by atoms with Crippen molar-refractivity contribution in [2.75, 3.05) is 6.54 Å². The number of hydrogen-bond acceptors (Lipinski definition) is 4. The molecule has 0 aliphatic carbocycles. The number of aromatic nitrogens is 3. The molecule has 6 nitrogen and oxygen atoms in total. The minimum atomic E-state index is -0.905. The SMILES string of the molecule is Cc1cc(C(=O)N2CCCC2C(C)(C)O)c2c(C)nn(C)c2n1. The molecule has 1 fully saturated rings. The van der Waals surface area contributed by atoms with Gasteiger partial charge in [0.2, 0.25) is 0 Å². The van der Waals surface area contributed by atoms with E-state index in [0.29, 0.717) is 12.1 Å². The van der Waals surface area contributed by atoms with Crippen molar-refractivity contribution in [2.45, 2.75) is 52.2 Å². The molecule has 124 valence electrons. The fourth-order valence-electron chi connectivity index (χ4n) is 3.64. The Morgan fingerprint density at radius 1 is 1.39 bits per heavy atom. The lowest BCUT2D eigenvalue weighted by atomic mass is 9.96. The number of aliphatic hydroxyl groups is 1. The number of carbonyl (C=O) groups excluding carboxylic acids is 1. The average Bonchev–Trinajstić information content (AvgIpc) is 3.03. The Hall–Kier alpha value is -1.95. The van der Waals surface area contributed by atoms with Crippen LogP contribution in [-0.4, -0.2) is 48.9 Å². The van der Waals surface area contributed by atoms with Crippen LogP contribution in [0, 0.1) is 13.8 Å². The molecule has 1 unspecified atom stereocenters. The molecule has 23 heavy (non-hydrogen) atoms. The molecule has 6 heteroatoms. The number of fused-ring (bicyclic) bond motifs is 1. The van der Waals surface area contributed by atoms with Gasteiger partial charge in [-0.2, -0.15) is 5.10 Å². The van der Waals surface area contributed by atoms with Crippen molar-refractivity contribution in [1.82, 2.24) is 19.7 Å². The molecule has 1 saturated heterocycles. The predicted molar refractivity (Wildman–Crippen MR) is 88.3 cm³/mol. The van der Waals surface area contributed by atoms with Crippen LogP contribution in [0.2, 0.25) is 0 Å². The van der Waals surface area contributed by atoms with Gasteiger partial charge in [0.25, 0.3) is 5.91 Å². The Morgan fingerprint density at radius 3 is 2.74 bits per heavy atom. The summed E-state index contributed by atoms with van der Waals surface area (Å²) in [4.78, 5) is 19.5. The Kier molecular flexibility index (Phi) is 3.67. The zero-order chi connectivity index (χ0) is 16.9. The van der Waals surface area contributed by atoms with Crippen molar-refractivity contribution in [3.63, 3.8) is 0 Å². The van der Waals surface area contributed by atoms with Crippen molar-refractivity contribution in [1.29, 1.82) is 0 Å². The molecular formula is C17H24N4O2. The van der Waals surface area contributed by atoms with E-state index in [1.165, 1.54) is 0 Å². The standard InChI is InChI=1S/C17H24N4O2/c1-10-9-12(14-11(2)19-20(5)15(14)18-10)16(22)21-8-6-7-13(21)17(3,4)23/h9,13,23H,6-8H2,1-5H3. The van der Waals surface area contributed by atoms with E-state index in [2.05, 4.69) is 10.1 Å². The molecule has 0 radical (unpaired) electrons. The van der Waals surface area contributed by atoms with Gasteiger partial charge < -0.3 is 10.0 Å². The van der Waals surface area contributed by atoms with Gasteiger partial charge in [0.05, 0.1) is 28.3 Å². The summed E-state index contributed by atoms with van der Waals surface area (Å²) in [5, 5.41) is 15.6. The van der Waals surface area contributed by atoms with Gasteiger partial charge >= 0.3 is 0 Å². The van der Waals surface area contributed by atoms with Crippen LogP contribution >= 0.6 is 0 Å². The largest absolute Gasteiger partial charge is 0.388 e. The van der Waals surface area contributed by atoms with Gasteiger partial charge in [-0.05, 0) is 46.6 Å². The molecule has 3 heterocycles. The number of nitrogens with zero attached hydrogens (tertiary/aromatic N) is 4. The van der Waals surface area contributed by atoms with E-state index in [-0.39, 0.29) is 11.9 Å². The Morgan fingerprint density at radius 2 is 2.09 bits per heavy atom. The summed E-state index contributed by atoms with van der Waals surface area (Å²) in [6.45, 7) is 8.00. The minimum Gasteiger partial charge on any atom is -0.388 e. The summed E-state index contributed by atoms with van der Waals surface area (Å²) >= 11 is 0. The van der Waals surface area contributed by atoms with Gasteiger partial charge in [-0.25, -0.2) is 4.98 Å². The zero-order valence-corrected chi connectivity index (χ0v) is 14.4. The topological polar surface area (TPSA) is 71.2 Å². The molecule has 0 spiro atoms. The lowest BCUT2D eigenvalue weighted by molar-refractivity contribution is 0.000404. The van der Waals surface area contributed by atoms with Crippen molar-refractivity contribution in [3.05, 3.63) is 23.0 Å². The van der Waals surface area contributed by atoms with Crippen LogP contribution in [0.4, 0.5) is 0 Å². The number of aryl methyl sites for hydroxylation is 3. The fourth-order valence-corrected chi connectivity index (χ4v) is 3.64. The van der Waals surface area contributed by atoms with Gasteiger partial charge in [0.15, 0.2) is 5.65 Å². The van der Waals surface area contributed by atoms with E-state index < -0.39 is 5.60 Å². The van der Waals surface area contributed by atoms with Crippen LogP contribution in [0.15, 0.2) is 6.07 Å². The highest BCUT2D eigenvalue weighted by Gasteiger charge is 2.39. The lowest BCUT2D eigenvalue weighted by Gasteiger charge is -2.34. The summed E-state index contributed by atoms with van der Waals surface area (Å²) in [5.74, 6) is -0.0405. The lowest BCUT2D eigenvalue weighted by Crippen LogP contribution is -2.48. The number of amides is 1. The average molecular weight is 316 g/mol. The molecule has 1 amide bonds. The van der Waals surface area contributed by atoms with E-state index in [4.69, 9.17) is 0 Å². The predicted octanol–water partition coefficient (Wildman–Crippen LogP) is 1.96. The summed E-state index contributed by atoms with van der Waals surface area (Å²) in [6.07, 6.45) is 1.74. The highest BCUT2D eigenvalue weighted by Crippen LogP contribution is 2.30. The van der Waals surface area contributed by atoms with Crippen molar-refractivity contribution in [2.24, 2.45) is 7.05 Å². The Labute approximate surface area is 136 Å². The van der Waals surface area contributed by atoms with E-state index in [1.807, 2.05) is 27.0 Å². The molecule has 1 N–H and O–H groups in total. The van der Waals surface area contributed by atoms with Gasteiger partial charge in [-0.1, -0.05) is 0 Å².